The van der Waals surface area contributed by atoms with Crippen molar-refractivity contribution in [3.8, 4) is 0 Å². The zero-order valence-corrected chi connectivity index (χ0v) is 19.3. The van der Waals surface area contributed by atoms with Crippen LogP contribution in [0.25, 0.3) is 0 Å². The van der Waals surface area contributed by atoms with Gasteiger partial charge in [-0.05, 0) is 47.4 Å². The SMILES string of the molecule is CC(C)(C)C1N(C(=O)OC2(c3ccc(F)c(F)c3)CCNC2)CCC1(O)c1ccc(F)c(F)c1. The van der Waals surface area contributed by atoms with Crippen molar-refractivity contribution in [1.82, 2.24) is 10.2 Å². The molecule has 0 bridgehead atoms. The topological polar surface area (TPSA) is 61.8 Å². The van der Waals surface area contributed by atoms with Gasteiger partial charge in [-0.15, -0.1) is 0 Å². The molecule has 0 aromatic heterocycles. The highest BCUT2D eigenvalue weighted by Gasteiger charge is 2.55. The average molecular weight is 481 g/mol. The highest BCUT2D eigenvalue weighted by Crippen LogP contribution is 2.47. The lowest BCUT2D eigenvalue weighted by molar-refractivity contribution is -0.0593. The molecule has 5 nitrogen and oxygen atoms in total. The van der Waals surface area contributed by atoms with E-state index in [1.165, 1.54) is 17.0 Å². The van der Waals surface area contributed by atoms with Gasteiger partial charge in [-0.3, -0.25) is 0 Å². The molecule has 2 N–H and O–H groups in total. The summed E-state index contributed by atoms with van der Waals surface area (Å²) in [5, 5.41) is 14.8. The lowest BCUT2D eigenvalue weighted by atomic mass is 9.73. The lowest BCUT2D eigenvalue weighted by Crippen LogP contribution is -2.54. The summed E-state index contributed by atoms with van der Waals surface area (Å²) in [5.41, 5.74) is -3.03. The summed E-state index contributed by atoms with van der Waals surface area (Å²) in [6, 6.07) is 5.80. The first-order valence-electron chi connectivity index (χ1n) is 11.2. The quantitative estimate of drug-likeness (QED) is 0.632. The van der Waals surface area contributed by atoms with E-state index in [4.69, 9.17) is 4.74 Å². The van der Waals surface area contributed by atoms with Crippen LogP contribution in [-0.4, -0.2) is 41.8 Å². The molecule has 3 atom stereocenters. The van der Waals surface area contributed by atoms with Crippen LogP contribution in [-0.2, 0) is 15.9 Å². The summed E-state index contributed by atoms with van der Waals surface area (Å²) >= 11 is 0. The number of nitrogens with zero attached hydrogens (tertiary/aromatic N) is 1. The van der Waals surface area contributed by atoms with E-state index in [-0.39, 0.29) is 25.1 Å². The highest BCUT2D eigenvalue weighted by molar-refractivity contribution is 5.70. The Balaban J connectivity index is 1.68. The Kier molecular flexibility index (Phi) is 6.14. The molecule has 184 valence electrons. The fourth-order valence-electron chi connectivity index (χ4n) is 5.33. The fourth-order valence-corrected chi connectivity index (χ4v) is 5.33. The van der Waals surface area contributed by atoms with E-state index in [0.29, 0.717) is 18.5 Å². The summed E-state index contributed by atoms with van der Waals surface area (Å²) in [6.45, 7) is 6.32. The number of hydrogen-bond donors (Lipinski definition) is 2. The van der Waals surface area contributed by atoms with Gasteiger partial charge in [-0.1, -0.05) is 32.9 Å². The van der Waals surface area contributed by atoms with Crippen LogP contribution in [0.4, 0.5) is 22.4 Å². The van der Waals surface area contributed by atoms with Gasteiger partial charge in [-0.2, -0.15) is 0 Å². The standard InChI is InChI=1S/C25H28F4N2O3/c1-23(2,3)21-25(33,16-5-7-18(27)20(29)13-16)9-11-31(21)22(32)34-24(8-10-30-14-24)15-4-6-17(26)19(28)12-15/h4-7,12-13,21,30,33H,8-11,14H2,1-3H3. The number of aliphatic hydroxyl groups is 1. The monoisotopic (exact) mass is 480 g/mol. The van der Waals surface area contributed by atoms with E-state index in [1.807, 2.05) is 20.8 Å². The van der Waals surface area contributed by atoms with E-state index < -0.39 is 52.0 Å². The highest BCUT2D eigenvalue weighted by atomic mass is 19.2. The molecule has 34 heavy (non-hydrogen) atoms. The molecule has 4 rings (SSSR count). The maximum Gasteiger partial charge on any atom is 0.411 e. The van der Waals surface area contributed by atoms with Crippen LogP contribution >= 0.6 is 0 Å². The molecule has 0 aliphatic carbocycles. The first-order valence-corrected chi connectivity index (χ1v) is 11.2. The van der Waals surface area contributed by atoms with Crippen LogP contribution in [0.3, 0.4) is 0 Å². The summed E-state index contributed by atoms with van der Waals surface area (Å²) < 4.78 is 61.0. The van der Waals surface area contributed by atoms with Crippen LogP contribution in [0, 0.1) is 28.7 Å². The normalized spacial score (nSPS) is 27.3. The molecule has 2 aliphatic heterocycles. The molecule has 0 saturated carbocycles. The maximum atomic E-state index is 14.0. The molecule has 9 heteroatoms. The molecule has 1 amide bonds. The molecule has 2 aromatic rings. The smallest absolute Gasteiger partial charge is 0.411 e. The zero-order chi connectivity index (χ0) is 24.9. The van der Waals surface area contributed by atoms with Crippen molar-refractivity contribution < 1.29 is 32.2 Å². The van der Waals surface area contributed by atoms with Gasteiger partial charge >= 0.3 is 6.09 Å². The third-order valence-corrected chi connectivity index (χ3v) is 6.82. The van der Waals surface area contributed by atoms with Gasteiger partial charge in [0.15, 0.2) is 28.9 Å². The number of halogens is 4. The molecule has 2 fully saturated rings. The van der Waals surface area contributed by atoms with Crippen LogP contribution in [0.2, 0.25) is 0 Å². The van der Waals surface area contributed by atoms with Gasteiger partial charge in [0, 0.05) is 25.9 Å². The maximum absolute atomic E-state index is 14.0. The van der Waals surface area contributed by atoms with Crippen LogP contribution in [0.5, 0.6) is 0 Å². The molecule has 2 aromatic carbocycles. The van der Waals surface area contributed by atoms with E-state index >= 15 is 0 Å². The van der Waals surface area contributed by atoms with Crippen molar-refractivity contribution in [1.29, 1.82) is 0 Å². The summed E-state index contributed by atoms with van der Waals surface area (Å²) in [7, 11) is 0. The number of carbonyl (C=O) groups excluding carboxylic acids is 1. The van der Waals surface area contributed by atoms with Crippen molar-refractivity contribution >= 4 is 6.09 Å². The van der Waals surface area contributed by atoms with Gasteiger partial charge < -0.3 is 20.1 Å². The Morgan fingerprint density at radius 3 is 2.12 bits per heavy atom. The number of likely N-dealkylation sites (tertiary alicyclic amines) is 1. The van der Waals surface area contributed by atoms with E-state index in [0.717, 1.165) is 24.3 Å². The Morgan fingerprint density at radius 2 is 1.59 bits per heavy atom. The minimum Gasteiger partial charge on any atom is -0.436 e. The van der Waals surface area contributed by atoms with Crippen molar-refractivity contribution in [3.05, 3.63) is 70.8 Å². The first-order chi connectivity index (χ1) is 15.9. The van der Waals surface area contributed by atoms with Crippen molar-refractivity contribution in [2.24, 2.45) is 5.41 Å². The van der Waals surface area contributed by atoms with E-state index in [1.54, 1.807) is 0 Å². The number of hydrogen-bond acceptors (Lipinski definition) is 4. The largest absolute Gasteiger partial charge is 0.436 e. The Hall–Kier alpha value is -2.65. The Labute approximate surface area is 195 Å². The summed E-state index contributed by atoms with van der Waals surface area (Å²) in [4.78, 5) is 14.9. The predicted octanol–water partition coefficient (Wildman–Crippen LogP) is 4.58. The number of benzene rings is 2. The zero-order valence-electron chi connectivity index (χ0n) is 19.3. The van der Waals surface area contributed by atoms with Gasteiger partial charge in [0.2, 0.25) is 0 Å². The molecular formula is C25H28F4N2O3. The van der Waals surface area contributed by atoms with Crippen LogP contribution < -0.4 is 5.32 Å². The molecule has 3 unspecified atom stereocenters. The Bertz CT molecular complexity index is 1100. The number of rotatable bonds is 3. The average Bonchev–Trinajstić information content (AvgIpc) is 3.37. The van der Waals surface area contributed by atoms with Gasteiger partial charge in [0.05, 0.1) is 6.04 Å². The van der Waals surface area contributed by atoms with Crippen LogP contribution in [0.1, 0.15) is 44.7 Å². The molecule has 2 aliphatic rings. The number of nitrogens with one attached hydrogen (secondary N) is 1. The van der Waals surface area contributed by atoms with Crippen LogP contribution in [0.15, 0.2) is 36.4 Å². The molecule has 0 radical (unpaired) electrons. The third kappa shape index (κ3) is 4.15. The Morgan fingerprint density at radius 1 is 1.00 bits per heavy atom. The van der Waals surface area contributed by atoms with Crippen molar-refractivity contribution in [2.45, 2.75) is 50.9 Å². The minimum atomic E-state index is -1.64. The number of carbonyl (C=O) groups is 1. The lowest BCUT2D eigenvalue weighted by Gasteiger charge is -2.43. The second-order valence-corrected chi connectivity index (χ2v) is 10.2. The molecule has 0 spiro atoms. The molecule has 2 heterocycles. The summed E-state index contributed by atoms with van der Waals surface area (Å²) in [6.07, 6.45) is -0.288. The van der Waals surface area contributed by atoms with Crippen molar-refractivity contribution in [2.75, 3.05) is 19.6 Å². The fraction of sp³-hybridized carbons (Fsp3) is 0.480. The second kappa shape index (κ2) is 8.53. The summed E-state index contributed by atoms with van der Waals surface area (Å²) in [5.74, 6) is -4.16. The third-order valence-electron chi connectivity index (χ3n) is 6.82. The number of amides is 1. The number of ether oxygens (including phenoxy) is 1. The van der Waals surface area contributed by atoms with E-state index in [9.17, 15) is 27.5 Å². The second-order valence-electron chi connectivity index (χ2n) is 10.2. The first kappa shape index (κ1) is 24.5. The predicted molar refractivity (Wildman–Crippen MR) is 117 cm³/mol. The van der Waals surface area contributed by atoms with Gasteiger partial charge in [0.1, 0.15) is 5.60 Å². The van der Waals surface area contributed by atoms with Gasteiger partial charge in [0.25, 0.3) is 0 Å². The molecular weight excluding hydrogens is 452 g/mol. The van der Waals surface area contributed by atoms with Crippen molar-refractivity contribution in [3.63, 3.8) is 0 Å². The minimum absolute atomic E-state index is 0.0888. The van der Waals surface area contributed by atoms with E-state index in [2.05, 4.69) is 5.32 Å². The molecule has 2 saturated heterocycles. The van der Waals surface area contributed by atoms with Gasteiger partial charge in [-0.25, -0.2) is 22.4 Å².